The second-order valence-electron chi connectivity index (χ2n) is 6.69. The van der Waals surface area contributed by atoms with E-state index in [1.165, 1.54) is 5.01 Å². The first-order valence-electron chi connectivity index (χ1n) is 8.72. The molecule has 29 heavy (non-hydrogen) atoms. The average molecular weight is 432 g/mol. The number of anilines is 2. The van der Waals surface area contributed by atoms with Crippen molar-refractivity contribution in [1.29, 1.82) is 0 Å². The first-order chi connectivity index (χ1) is 13.8. The number of nitrogens with zero attached hydrogens (tertiary/aromatic N) is 4. The molecule has 0 unspecified atom stereocenters. The van der Waals surface area contributed by atoms with E-state index in [-0.39, 0.29) is 6.54 Å². The van der Waals surface area contributed by atoms with Gasteiger partial charge in [0, 0.05) is 15.7 Å². The molecule has 1 N–H and O–H groups in total. The maximum Gasteiger partial charge on any atom is 0.263 e. The Balaban J connectivity index is 1.49. The summed E-state index contributed by atoms with van der Waals surface area (Å²) in [5.74, 6) is -1.38. The summed E-state index contributed by atoms with van der Waals surface area (Å²) >= 11 is 11.8. The lowest BCUT2D eigenvalue weighted by molar-refractivity contribution is -0.123. The van der Waals surface area contributed by atoms with Crippen LogP contribution in [0.15, 0.2) is 52.8 Å². The Bertz CT molecular complexity index is 1040. The fourth-order valence-electron chi connectivity index (χ4n) is 3.26. The van der Waals surface area contributed by atoms with Crippen molar-refractivity contribution in [2.75, 3.05) is 16.8 Å². The molecular formula is C19H15Cl2N5O3. The monoisotopic (exact) mass is 431 g/mol. The van der Waals surface area contributed by atoms with Crippen LogP contribution in [0.2, 0.25) is 10.0 Å². The van der Waals surface area contributed by atoms with Crippen LogP contribution in [0.25, 0.3) is 0 Å². The van der Waals surface area contributed by atoms with Gasteiger partial charge in [-0.2, -0.15) is 5.11 Å². The van der Waals surface area contributed by atoms with E-state index in [0.29, 0.717) is 21.4 Å². The molecule has 3 amide bonds. The maximum absolute atomic E-state index is 12.9. The number of rotatable bonds is 4. The number of carbonyl (C=O) groups excluding carboxylic acids is 3. The van der Waals surface area contributed by atoms with Gasteiger partial charge >= 0.3 is 0 Å². The minimum Gasteiger partial charge on any atom is -0.324 e. The molecule has 2 atom stereocenters. The predicted octanol–water partition coefficient (Wildman–Crippen LogP) is 3.23. The number of imide groups is 1. The Hall–Kier alpha value is -2.97. The van der Waals surface area contributed by atoms with E-state index < -0.39 is 29.8 Å². The van der Waals surface area contributed by atoms with Gasteiger partial charge < -0.3 is 5.32 Å². The van der Waals surface area contributed by atoms with Crippen LogP contribution < -0.4 is 10.2 Å². The maximum atomic E-state index is 12.9. The zero-order valence-corrected chi connectivity index (χ0v) is 16.7. The van der Waals surface area contributed by atoms with Gasteiger partial charge in [-0.05, 0) is 48.9 Å². The predicted molar refractivity (Wildman–Crippen MR) is 108 cm³/mol. The highest BCUT2D eigenvalue weighted by Gasteiger charge is 2.55. The van der Waals surface area contributed by atoms with Crippen molar-refractivity contribution >= 4 is 52.3 Å². The summed E-state index contributed by atoms with van der Waals surface area (Å²) in [5.41, 5.74) is 1.80. The van der Waals surface area contributed by atoms with Gasteiger partial charge in [0.25, 0.3) is 11.8 Å². The minimum absolute atomic E-state index is 0.232. The van der Waals surface area contributed by atoms with Crippen molar-refractivity contribution in [2.45, 2.75) is 19.0 Å². The third-order valence-electron chi connectivity index (χ3n) is 4.72. The summed E-state index contributed by atoms with van der Waals surface area (Å²) in [5, 5.41) is 12.7. The molecule has 4 rings (SSSR count). The topological polar surface area (TPSA) is 94.4 Å². The summed E-state index contributed by atoms with van der Waals surface area (Å²) in [4.78, 5) is 39.1. The summed E-state index contributed by atoms with van der Waals surface area (Å²) < 4.78 is 0. The summed E-state index contributed by atoms with van der Waals surface area (Å²) in [6, 6.07) is 9.55. The zero-order chi connectivity index (χ0) is 20.7. The Morgan fingerprint density at radius 1 is 1.07 bits per heavy atom. The van der Waals surface area contributed by atoms with Crippen LogP contribution >= 0.6 is 23.2 Å². The molecule has 0 bridgehead atoms. The molecule has 148 valence electrons. The van der Waals surface area contributed by atoms with E-state index in [0.717, 1.165) is 10.5 Å². The van der Waals surface area contributed by atoms with E-state index in [1.807, 2.05) is 6.92 Å². The second kappa shape index (κ2) is 7.46. The number of carbonyl (C=O) groups is 3. The Morgan fingerprint density at radius 2 is 1.76 bits per heavy atom. The highest BCUT2D eigenvalue weighted by Crippen LogP contribution is 2.32. The van der Waals surface area contributed by atoms with Crippen LogP contribution in [-0.4, -0.2) is 41.4 Å². The van der Waals surface area contributed by atoms with E-state index in [1.54, 1.807) is 42.5 Å². The smallest absolute Gasteiger partial charge is 0.263 e. The number of halogens is 2. The summed E-state index contributed by atoms with van der Waals surface area (Å²) in [6.45, 7) is 1.60. The first-order valence-corrected chi connectivity index (χ1v) is 9.47. The number of amides is 3. The van der Waals surface area contributed by atoms with Gasteiger partial charge in [0.15, 0.2) is 12.1 Å². The van der Waals surface area contributed by atoms with Gasteiger partial charge in [-0.1, -0.05) is 34.5 Å². The number of fused-ring (bicyclic) bond motifs is 1. The van der Waals surface area contributed by atoms with Crippen molar-refractivity contribution in [3.05, 3.63) is 58.1 Å². The van der Waals surface area contributed by atoms with Crippen molar-refractivity contribution in [1.82, 2.24) is 5.01 Å². The van der Waals surface area contributed by atoms with Crippen molar-refractivity contribution in [2.24, 2.45) is 10.3 Å². The van der Waals surface area contributed by atoms with Gasteiger partial charge in [-0.15, -0.1) is 0 Å². The fourth-order valence-corrected chi connectivity index (χ4v) is 3.56. The lowest BCUT2D eigenvalue weighted by atomic mass is 10.1. The molecule has 8 nitrogen and oxygen atoms in total. The van der Waals surface area contributed by atoms with E-state index in [9.17, 15) is 14.4 Å². The van der Waals surface area contributed by atoms with Crippen molar-refractivity contribution < 1.29 is 14.4 Å². The van der Waals surface area contributed by atoms with E-state index in [2.05, 4.69) is 15.7 Å². The highest BCUT2D eigenvalue weighted by atomic mass is 35.5. The van der Waals surface area contributed by atoms with Crippen LogP contribution in [0.4, 0.5) is 11.4 Å². The second-order valence-corrected chi connectivity index (χ2v) is 7.56. The first kappa shape index (κ1) is 19.4. The molecule has 10 heteroatoms. The van der Waals surface area contributed by atoms with Crippen LogP contribution in [0.1, 0.15) is 5.56 Å². The van der Waals surface area contributed by atoms with Crippen molar-refractivity contribution in [3.63, 3.8) is 0 Å². The van der Waals surface area contributed by atoms with Gasteiger partial charge in [0.05, 0.1) is 5.69 Å². The van der Waals surface area contributed by atoms with Crippen LogP contribution in [-0.2, 0) is 14.4 Å². The fraction of sp³-hybridized carbons (Fsp3) is 0.211. The molecule has 1 saturated heterocycles. The Morgan fingerprint density at radius 3 is 2.48 bits per heavy atom. The van der Waals surface area contributed by atoms with E-state index >= 15 is 0 Å². The van der Waals surface area contributed by atoms with Crippen molar-refractivity contribution in [3.8, 4) is 0 Å². The molecule has 2 aromatic carbocycles. The normalized spacial score (nSPS) is 20.4. The molecule has 0 saturated carbocycles. The van der Waals surface area contributed by atoms with Crippen LogP contribution in [0, 0.1) is 6.92 Å². The standard InChI is InChI=1S/C19H15Cl2N5O3/c1-10-2-3-12(21)8-14(10)22-15(27)9-25-17-16(23-24-25)18(28)26(19(17)29)13-6-4-11(20)5-7-13/h2-8,16-17H,9H2,1H3,(H,22,27)/t16-,17-/m1/s1. The van der Waals surface area contributed by atoms with Gasteiger partial charge in [0.2, 0.25) is 5.91 Å². The molecule has 0 aliphatic carbocycles. The minimum atomic E-state index is -0.973. The zero-order valence-electron chi connectivity index (χ0n) is 15.2. The molecule has 2 aliphatic heterocycles. The SMILES string of the molecule is Cc1ccc(Cl)cc1NC(=O)CN1N=N[C@H]2C(=O)N(c3ccc(Cl)cc3)C(=O)[C@@H]21. The van der Waals surface area contributed by atoms with Crippen LogP contribution in [0.5, 0.6) is 0 Å². The summed E-state index contributed by atoms with van der Waals surface area (Å²) in [6.07, 6.45) is 0. The lowest BCUT2D eigenvalue weighted by Crippen LogP contribution is -2.43. The Kier molecular flexibility index (Phi) is 4.97. The Labute approximate surface area is 176 Å². The van der Waals surface area contributed by atoms with Gasteiger partial charge in [-0.3, -0.25) is 19.4 Å². The number of hydrogen-bond acceptors (Lipinski definition) is 6. The molecule has 1 fully saturated rings. The van der Waals surface area contributed by atoms with Gasteiger partial charge in [0.1, 0.15) is 6.54 Å². The third-order valence-corrected chi connectivity index (χ3v) is 5.21. The molecule has 0 spiro atoms. The largest absolute Gasteiger partial charge is 0.324 e. The number of nitrogens with one attached hydrogen (secondary N) is 1. The number of hydrogen-bond donors (Lipinski definition) is 1. The van der Waals surface area contributed by atoms with E-state index in [4.69, 9.17) is 23.2 Å². The lowest BCUT2D eigenvalue weighted by Gasteiger charge is -2.20. The number of benzene rings is 2. The third kappa shape index (κ3) is 3.56. The highest BCUT2D eigenvalue weighted by molar-refractivity contribution is 6.31. The molecule has 0 radical (unpaired) electrons. The number of aryl methyl sites for hydroxylation is 1. The van der Waals surface area contributed by atoms with Gasteiger partial charge in [-0.25, -0.2) is 4.90 Å². The quantitative estimate of drug-likeness (QED) is 0.751. The molecule has 2 aliphatic rings. The summed E-state index contributed by atoms with van der Waals surface area (Å²) in [7, 11) is 0. The molecule has 0 aromatic heterocycles. The molecule has 2 heterocycles. The molecular weight excluding hydrogens is 417 g/mol. The van der Waals surface area contributed by atoms with Crippen LogP contribution in [0.3, 0.4) is 0 Å². The molecule has 2 aromatic rings. The average Bonchev–Trinajstić information content (AvgIpc) is 3.19.